The molecule has 10 nitrogen and oxygen atoms in total. The first kappa shape index (κ1) is 25.3. The molecule has 0 aliphatic rings. The Kier molecular flexibility index (Phi) is 10.3. The van der Waals surface area contributed by atoms with E-state index in [1.807, 2.05) is 30.3 Å². The molecule has 0 aliphatic carbocycles. The van der Waals surface area contributed by atoms with Gasteiger partial charge >= 0.3 is 6.09 Å². The molecule has 0 saturated carbocycles. The van der Waals surface area contributed by atoms with E-state index in [9.17, 15) is 24.5 Å². The number of benzene rings is 2. The zero-order valence-electron chi connectivity index (χ0n) is 18.2. The average molecular weight is 456 g/mol. The molecule has 2 aromatic carbocycles. The van der Waals surface area contributed by atoms with Crippen LogP contribution in [-0.4, -0.2) is 35.4 Å². The van der Waals surface area contributed by atoms with Crippen molar-refractivity contribution in [2.75, 3.05) is 6.54 Å². The van der Waals surface area contributed by atoms with Gasteiger partial charge in [-0.15, -0.1) is 0 Å². The predicted octanol–water partition coefficient (Wildman–Crippen LogP) is 2.59. The number of ether oxygens (including phenoxy) is 1. The van der Waals surface area contributed by atoms with Crippen LogP contribution in [0.4, 0.5) is 10.5 Å². The van der Waals surface area contributed by atoms with Crippen LogP contribution >= 0.6 is 0 Å². The maximum Gasteiger partial charge on any atom is 0.407 e. The second kappa shape index (κ2) is 13.5. The number of unbranched alkanes of at least 4 members (excludes halogenated alkanes) is 2. The molecule has 0 bridgehead atoms. The highest BCUT2D eigenvalue weighted by atomic mass is 16.6. The molecular formula is C23H28N4O6. The van der Waals surface area contributed by atoms with Crippen LogP contribution in [0.2, 0.25) is 0 Å². The summed E-state index contributed by atoms with van der Waals surface area (Å²) in [6.45, 7) is 0.632. The van der Waals surface area contributed by atoms with Gasteiger partial charge in [-0.1, -0.05) is 48.9 Å². The van der Waals surface area contributed by atoms with E-state index in [2.05, 4.69) is 10.6 Å². The molecular weight excluding hydrogens is 428 g/mol. The second-order valence-corrected chi connectivity index (χ2v) is 7.45. The number of primary amides is 1. The van der Waals surface area contributed by atoms with Gasteiger partial charge in [0.15, 0.2) is 0 Å². The number of alkyl carbamates (subject to hydrolysis) is 1. The molecule has 0 unspecified atom stereocenters. The van der Waals surface area contributed by atoms with Gasteiger partial charge in [0.25, 0.3) is 5.69 Å². The Hall–Kier alpha value is -3.95. The van der Waals surface area contributed by atoms with Crippen molar-refractivity contribution < 1.29 is 24.0 Å². The molecule has 2 aromatic rings. The number of nitrogens with two attached hydrogens (primary N) is 1. The molecule has 3 amide bonds. The Morgan fingerprint density at radius 3 is 2.30 bits per heavy atom. The van der Waals surface area contributed by atoms with Crippen LogP contribution < -0.4 is 16.4 Å². The number of nitro benzene ring substituents is 1. The van der Waals surface area contributed by atoms with Gasteiger partial charge < -0.3 is 21.1 Å². The Balaban J connectivity index is 1.61. The van der Waals surface area contributed by atoms with Gasteiger partial charge in [-0.05, 0) is 24.0 Å². The number of carbonyl (C=O) groups excluding carboxylic acids is 3. The van der Waals surface area contributed by atoms with Crippen molar-refractivity contribution in [2.45, 2.75) is 44.8 Å². The summed E-state index contributed by atoms with van der Waals surface area (Å²) < 4.78 is 5.11. The number of hydrogen-bond acceptors (Lipinski definition) is 6. The van der Waals surface area contributed by atoms with E-state index in [0.29, 0.717) is 31.4 Å². The van der Waals surface area contributed by atoms with E-state index in [0.717, 1.165) is 5.56 Å². The van der Waals surface area contributed by atoms with Gasteiger partial charge in [0.1, 0.15) is 12.6 Å². The molecule has 176 valence electrons. The first-order valence-electron chi connectivity index (χ1n) is 10.6. The van der Waals surface area contributed by atoms with Crippen molar-refractivity contribution in [1.29, 1.82) is 0 Å². The molecule has 2 rings (SSSR count). The van der Waals surface area contributed by atoms with Crippen molar-refractivity contribution in [1.82, 2.24) is 10.6 Å². The number of amides is 3. The molecule has 0 aliphatic heterocycles. The third-order valence-corrected chi connectivity index (χ3v) is 4.83. The SMILES string of the molecule is NC(=O)[C@H](Cc1ccc([N+](=O)[O-])cc1)NC(=O)CCCCCNC(=O)OCc1ccccc1. The monoisotopic (exact) mass is 456 g/mol. The number of rotatable bonds is 13. The third kappa shape index (κ3) is 9.81. The van der Waals surface area contributed by atoms with Crippen molar-refractivity contribution in [3.63, 3.8) is 0 Å². The van der Waals surface area contributed by atoms with E-state index >= 15 is 0 Å². The molecule has 0 fully saturated rings. The summed E-state index contributed by atoms with van der Waals surface area (Å²) in [6.07, 6.45) is 1.82. The fourth-order valence-corrected chi connectivity index (χ4v) is 3.03. The van der Waals surface area contributed by atoms with Gasteiger partial charge in [0.2, 0.25) is 11.8 Å². The minimum absolute atomic E-state index is 0.0580. The predicted molar refractivity (Wildman–Crippen MR) is 121 cm³/mol. The van der Waals surface area contributed by atoms with Crippen LogP contribution in [-0.2, 0) is 27.4 Å². The van der Waals surface area contributed by atoms with E-state index < -0.39 is 23.0 Å². The Morgan fingerprint density at radius 2 is 1.67 bits per heavy atom. The van der Waals surface area contributed by atoms with Crippen molar-refractivity contribution in [3.8, 4) is 0 Å². The summed E-state index contributed by atoms with van der Waals surface area (Å²) in [5, 5.41) is 16.0. The quantitative estimate of drug-likeness (QED) is 0.239. The maximum atomic E-state index is 12.2. The molecule has 0 heterocycles. The zero-order chi connectivity index (χ0) is 24.1. The largest absolute Gasteiger partial charge is 0.445 e. The van der Waals surface area contributed by atoms with Gasteiger partial charge in [0.05, 0.1) is 4.92 Å². The van der Waals surface area contributed by atoms with Crippen LogP contribution in [0.3, 0.4) is 0 Å². The topological polar surface area (TPSA) is 154 Å². The van der Waals surface area contributed by atoms with Crippen molar-refractivity contribution in [3.05, 3.63) is 75.8 Å². The van der Waals surface area contributed by atoms with Gasteiger partial charge in [-0.3, -0.25) is 19.7 Å². The number of carbonyl (C=O) groups is 3. The van der Waals surface area contributed by atoms with Crippen molar-refractivity contribution in [2.24, 2.45) is 5.73 Å². The maximum absolute atomic E-state index is 12.2. The lowest BCUT2D eigenvalue weighted by atomic mass is 10.0. The summed E-state index contributed by atoms with van der Waals surface area (Å²) in [4.78, 5) is 45.7. The molecule has 10 heteroatoms. The summed E-state index contributed by atoms with van der Waals surface area (Å²) in [7, 11) is 0. The number of non-ortho nitro benzene ring substituents is 1. The zero-order valence-corrected chi connectivity index (χ0v) is 18.2. The minimum Gasteiger partial charge on any atom is -0.445 e. The average Bonchev–Trinajstić information content (AvgIpc) is 2.80. The smallest absolute Gasteiger partial charge is 0.407 e. The first-order valence-corrected chi connectivity index (χ1v) is 10.6. The van der Waals surface area contributed by atoms with E-state index in [4.69, 9.17) is 10.5 Å². The van der Waals surface area contributed by atoms with E-state index in [1.165, 1.54) is 24.3 Å². The number of hydrogen-bond donors (Lipinski definition) is 3. The standard InChI is InChI=1S/C23H28N4O6/c24-22(29)20(15-17-10-12-19(13-11-17)27(31)32)26-21(28)9-5-2-6-14-25-23(30)33-16-18-7-3-1-4-8-18/h1,3-4,7-8,10-13,20H,2,5-6,9,14-16H2,(H2,24,29)(H,25,30)(H,26,28)/t20-/m0/s1. The highest BCUT2D eigenvalue weighted by molar-refractivity contribution is 5.86. The molecule has 4 N–H and O–H groups in total. The summed E-state index contributed by atoms with van der Waals surface area (Å²) >= 11 is 0. The van der Waals surface area contributed by atoms with Crippen molar-refractivity contribution >= 4 is 23.6 Å². The van der Waals surface area contributed by atoms with Crippen LogP contribution in [0.25, 0.3) is 0 Å². The molecule has 33 heavy (non-hydrogen) atoms. The van der Waals surface area contributed by atoms with Crippen LogP contribution in [0.15, 0.2) is 54.6 Å². The van der Waals surface area contributed by atoms with Crippen LogP contribution in [0.1, 0.15) is 36.8 Å². The molecule has 0 radical (unpaired) electrons. The number of nitrogens with zero attached hydrogens (tertiary/aromatic N) is 1. The summed E-state index contributed by atoms with van der Waals surface area (Å²) in [5.74, 6) is -0.990. The summed E-state index contributed by atoms with van der Waals surface area (Å²) in [6, 6.07) is 14.2. The highest BCUT2D eigenvalue weighted by Crippen LogP contribution is 2.13. The van der Waals surface area contributed by atoms with E-state index in [1.54, 1.807) is 0 Å². The Morgan fingerprint density at radius 1 is 0.970 bits per heavy atom. The van der Waals surface area contributed by atoms with Crippen LogP contribution in [0, 0.1) is 10.1 Å². The first-order chi connectivity index (χ1) is 15.8. The molecule has 0 aromatic heterocycles. The number of nitro groups is 1. The third-order valence-electron chi connectivity index (χ3n) is 4.83. The molecule has 0 spiro atoms. The lowest BCUT2D eigenvalue weighted by molar-refractivity contribution is -0.384. The molecule has 1 atom stereocenters. The summed E-state index contributed by atoms with van der Waals surface area (Å²) in [5.41, 5.74) is 6.88. The lowest BCUT2D eigenvalue weighted by Crippen LogP contribution is -2.45. The fourth-order valence-electron chi connectivity index (χ4n) is 3.03. The van der Waals surface area contributed by atoms with Crippen LogP contribution in [0.5, 0.6) is 0 Å². The van der Waals surface area contributed by atoms with Gasteiger partial charge in [-0.2, -0.15) is 0 Å². The normalized spacial score (nSPS) is 11.3. The molecule has 0 saturated heterocycles. The van der Waals surface area contributed by atoms with E-state index in [-0.39, 0.29) is 31.0 Å². The highest BCUT2D eigenvalue weighted by Gasteiger charge is 2.19. The van der Waals surface area contributed by atoms with Gasteiger partial charge in [0, 0.05) is 31.5 Å². The fraction of sp³-hybridized carbons (Fsp3) is 0.348. The Bertz CT molecular complexity index is 934. The number of nitrogens with one attached hydrogen (secondary N) is 2. The lowest BCUT2D eigenvalue weighted by Gasteiger charge is -2.15. The van der Waals surface area contributed by atoms with Gasteiger partial charge in [-0.25, -0.2) is 4.79 Å². The Labute approximate surface area is 191 Å². The second-order valence-electron chi connectivity index (χ2n) is 7.45. The minimum atomic E-state index is -0.903.